The third-order valence-corrected chi connectivity index (χ3v) is 4.13. The van der Waals surface area contributed by atoms with Gasteiger partial charge in [0.2, 0.25) is 0 Å². The van der Waals surface area contributed by atoms with Gasteiger partial charge in [-0.05, 0) is 37.0 Å². The van der Waals surface area contributed by atoms with E-state index in [9.17, 15) is 9.59 Å². The molecule has 0 spiro atoms. The maximum atomic E-state index is 11.8. The van der Waals surface area contributed by atoms with Gasteiger partial charge < -0.3 is 15.3 Å². The Morgan fingerprint density at radius 2 is 2.06 bits per heavy atom. The van der Waals surface area contributed by atoms with Gasteiger partial charge in [0.25, 0.3) is 0 Å². The Hall–Kier alpha value is -1.26. The molecule has 18 heavy (non-hydrogen) atoms. The van der Waals surface area contributed by atoms with Crippen LogP contribution < -0.4 is 5.32 Å². The van der Waals surface area contributed by atoms with Crippen LogP contribution in [0.15, 0.2) is 0 Å². The summed E-state index contributed by atoms with van der Waals surface area (Å²) in [5.74, 6) is -0.0901. The molecule has 0 aromatic rings. The first-order valence-electron chi connectivity index (χ1n) is 6.71. The molecule has 5 heteroatoms. The standard InChI is InChI=1S/C13H22N2O3/c1-15(8-10-3-4-10)12(18)14-9-13(5-2-6-13)7-11(16)17/h10H,2-9H2,1H3,(H,14,18)(H,16,17). The molecular weight excluding hydrogens is 232 g/mol. The van der Waals surface area contributed by atoms with E-state index in [-0.39, 0.29) is 17.9 Å². The molecule has 0 atom stereocenters. The monoisotopic (exact) mass is 254 g/mol. The second-order valence-electron chi connectivity index (χ2n) is 5.91. The lowest BCUT2D eigenvalue weighted by atomic mass is 9.66. The van der Waals surface area contributed by atoms with Crippen LogP contribution in [0, 0.1) is 11.3 Å². The maximum absolute atomic E-state index is 11.8. The van der Waals surface area contributed by atoms with E-state index in [0.29, 0.717) is 12.5 Å². The van der Waals surface area contributed by atoms with Crippen LogP contribution in [0.3, 0.4) is 0 Å². The largest absolute Gasteiger partial charge is 0.481 e. The van der Waals surface area contributed by atoms with Crippen LogP contribution in [-0.2, 0) is 4.79 Å². The summed E-state index contributed by atoms with van der Waals surface area (Å²) in [5, 5.41) is 11.8. The predicted molar refractivity (Wildman–Crippen MR) is 67.3 cm³/mol. The number of carboxylic acids is 1. The molecule has 0 aromatic heterocycles. The van der Waals surface area contributed by atoms with Crippen LogP contribution in [0.5, 0.6) is 0 Å². The number of nitrogens with zero attached hydrogens (tertiary/aromatic N) is 1. The maximum Gasteiger partial charge on any atom is 0.317 e. The number of carboxylic acid groups (broad SMARTS) is 1. The molecule has 2 N–H and O–H groups in total. The topological polar surface area (TPSA) is 69.6 Å². The number of carbonyl (C=O) groups is 2. The minimum atomic E-state index is -0.768. The number of aliphatic carboxylic acids is 1. The zero-order valence-corrected chi connectivity index (χ0v) is 10.9. The number of carbonyl (C=O) groups excluding carboxylic acids is 1. The molecule has 5 nitrogen and oxygen atoms in total. The van der Waals surface area contributed by atoms with Gasteiger partial charge >= 0.3 is 12.0 Å². The van der Waals surface area contributed by atoms with Crippen molar-refractivity contribution >= 4 is 12.0 Å². The first kappa shape index (κ1) is 13.2. The highest BCUT2D eigenvalue weighted by atomic mass is 16.4. The van der Waals surface area contributed by atoms with Crippen molar-refractivity contribution in [3.05, 3.63) is 0 Å². The molecule has 0 radical (unpaired) electrons. The van der Waals surface area contributed by atoms with Crippen molar-refractivity contribution in [2.45, 2.75) is 38.5 Å². The van der Waals surface area contributed by atoms with E-state index in [2.05, 4.69) is 5.32 Å². The van der Waals surface area contributed by atoms with Crippen molar-refractivity contribution in [2.75, 3.05) is 20.1 Å². The SMILES string of the molecule is CN(CC1CC1)C(=O)NCC1(CC(=O)O)CCC1. The molecule has 0 aliphatic heterocycles. The molecule has 2 saturated carbocycles. The summed E-state index contributed by atoms with van der Waals surface area (Å²) in [6.07, 6.45) is 5.50. The lowest BCUT2D eigenvalue weighted by Crippen LogP contribution is -2.47. The molecule has 0 unspecified atom stereocenters. The average molecular weight is 254 g/mol. The third-order valence-electron chi connectivity index (χ3n) is 4.13. The number of hydrogen-bond acceptors (Lipinski definition) is 2. The Morgan fingerprint density at radius 3 is 2.50 bits per heavy atom. The molecular formula is C13H22N2O3. The van der Waals surface area contributed by atoms with Crippen LogP contribution in [0.4, 0.5) is 4.79 Å². The van der Waals surface area contributed by atoms with Gasteiger partial charge in [-0.1, -0.05) is 6.42 Å². The molecule has 2 amide bonds. The molecule has 0 saturated heterocycles. The molecule has 0 bridgehead atoms. The minimum Gasteiger partial charge on any atom is -0.481 e. The van der Waals surface area contributed by atoms with Gasteiger partial charge in [-0.2, -0.15) is 0 Å². The smallest absolute Gasteiger partial charge is 0.317 e. The van der Waals surface area contributed by atoms with E-state index < -0.39 is 5.97 Å². The number of amides is 2. The summed E-state index contributed by atoms with van der Waals surface area (Å²) in [5.41, 5.74) is -0.193. The molecule has 2 rings (SSSR count). The van der Waals surface area contributed by atoms with Gasteiger partial charge in [-0.15, -0.1) is 0 Å². The normalized spacial score (nSPS) is 20.9. The zero-order valence-electron chi connectivity index (χ0n) is 10.9. The van der Waals surface area contributed by atoms with Gasteiger partial charge in [-0.25, -0.2) is 4.79 Å². The van der Waals surface area contributed by atoms with Gasteiger partial charge in [0.1, 0.15) is 0 Å². The Balaban J connectivity index is 1.74. The summed E-state index contributed by atoms with van der Waals surface area (Å²) in [4.78, 5) is 24.4. The minimum absolute atomic E-state index is 0.0708. The highest BCUT2D eigenvalue weighted by Crippen LogP contribution is 2.43. The Labute approximate surface area is 108 Å². The lowest BCUT2D eigenvalue weighted by molar-refractivity contribution is -0.141. The van der Waals surface area contributed by atoms with Crippen LogP contribution in [0.25, 0.3) is 0 Å². The number of urea groups is 1. The summed E-state index contributed by atoms with van der Waals surface area (Å²) < 4.78 is 0. The first-order valence-corrected chi connectivity index (χ1v) is 6.71. The Kier molecular flexibility index (Phi) is 3.78. The lowest BCUT2D eigenvalue weighted by Gasteiger charge is -2.41. The van der Waals surface area contributed by atoms with Gasteiger partial charge in [0, 0.05) is 20.1 Å². The van der Waals surface area contributed by atoms with E-state index in [4.69, 9.17) is 5.11 Å². The van der Waals surface area contributed by atoms with E-state index >= 15 is 0 Å². The van der Waals surface area contributed by atoms with Crippen LogP contribution in [-0.4, -0.2) is 42.1 Å². The number of nitrogens with one attached hydrogen (secondary N) is 1. The summed E-state index contributed by atoms with van der Waals surface area (Å²) >= 11 is 0. The molecule has 2 fully saturated rings. The van der Waals surface area contributed by atoms with Crippen molar-refractivity contribution < 1.29 is 14.7 Å². The van der Waals surface area contributed by atoms with Crippen molar-refractivity contribution in [3.63, 3.8) is 0 Å². The summed E-state index contributed by atoms with van der Waals surface area (Å²) in [6.45, 7) is 1.31. The molecule has 0 aromatic carbocycles. The van der Waals surface area contributed by atoms with Gasteiger partial charge in [0.05, 0.1) is 6.42 Å². The molecule has 102 valence electrons. The quantitative estimate of drug-likeness (QED) is 0.757. The van der Waals surface area contributed by atoms with Crippen LogP contribution >= 0.6 is 0 Å². The fourth-order valence-corrected chi connectivity index (χ4v) is 2.58. The number of rotatable bonds is 6. The first-order chi connectivity index (χ1) is 8.51. The fraction of sp³-hybridized carbons (Fsp3) is 0.846. The highest BCUT2D eigenvalue weighted by molar-refractivity contribution is 5.74. The fourth-order valence-electron chi connectivity index (χ4n) is 2.58. The van der Waals surface area contributed by atoms with Gasteiger partial charge in [0.15, 0.2) is 0 Å². The summed E-state index contributed by atoms with van der Waals surface area (Å²) in [7, 11) is 1.80. The van der Waals surface area contributed by atoms with Crippen molar-refractivity contribution in [1.29, 1.82) is 0 Å². The van der Waals surface area contributed by atoms with Crippen LogP contribution in [0.1, 0.15) is 38.5 Å². The van der Waals surface area contributed by atoms with Crippen molar-refractivity contribution in [1.82, 2.24) is 10.2 Å². The van der Waals surface area contributed by atoms with E-state index in [1.165, 1.54) is 12.8 Å². The molecule has 2 aliphatic rings. The third kappa shape index (κ3) is 3.37. The number of hydrogen-bond donors (Lipinski definition) is 2. The Bertz CT molecular complexity index is 335. The van der Waals surface area contributed by atoms with Crippen molar-refractivity contribution in [2.24, 2.45) is 11.3 Å². The van der Waals surface area contributed by atoms with Crippen LogP contribution in [0.2, 0.25) is 0 Å². The molecule has 2 aliphatic carbocycles. The van der Waals surface area contributed by atoms with E-state index in [1.54, 1.807) is 11.9 Å². The molecule has 0 heterocycles. The van der Waals surface area contributed by atoms with Gasteiger partial charge in [-0.3, -0.25) is 4.79 Å². The second-order valence-corrected chi connectivity index (χ2v) is 5.91. The zero-order chi connectivity index (χ0) is 13.2. The van der Waals surface area contributed by atoms with E-state index in [0.717, 1.165) is 25.8 Å². The summed E-state index contributed by atoms with van der Waals surface area (Å²) in [6, 6.07) is -0.0708. The average Bonchev–Trinajstić information content (AvgIpc) is 3.04. The van der Waals surface area contributed by atoms with Crippen molar-refractivity contribution in [3.8, 4) is 0 Å². The second kappa shape index (κ2) is 5.16. The highest BCUT2D eigenvalue weighted by Gasteiger charge is 2.39. The predicted octanol–water partition coefficient (Wildman–Crippen LogP) is 1.68. The Morgan fingerprint density at radius 1 is 1.39 bits per heavy atom. The van der Waals surface area contributed by atoms with E-state index in [1.807, 2.05) is 0 Å².